The van der Waals surface area contributed by atoms with E-state index in [-0.39, 0.29) is 56.6 Å². The Kier molecular flexibility index (Phi) is 22.6. The number of carbonyl (C=O) groups is 6. The average Bonchev–Trinajstić information content (AvgIpc) is 3.17. The molecular weight excluding hydrogens is 740 g/mol. The van der Waals surface area contributed by atoms with Gasteiger partial charge in [0.25, 0.3) is 0 Å². The zero-order chi connectivity index (χ0) is 43.1. The highest BCUT2D eigenvalue weighted by Crippen LogP contribution is 2.12. The second-order valence-corrected chi connectivity index (χ2v) is 13.9. The minimum atomic E-state index is -1.60. The van der Waals surface area contributed by atoms with E-state index in [1.807, 2.05) is 6.92 Å². The molecule has 0 aliphatic rings. The summed E-state index contributed by atoms with van der Waals surface area (Å²) in [5, 5.41) is 42.3. The summed E-state index contributed by atoms with van der Waals surface area (Å²) in [6.45, 7) is 7.44. The molecule has 5 amide bonds. The Morgan fingerprint density at radius 1 is 0.702 bits per heavy atom. The minimum Gasteiger partial charge on any atom is -0.481 e. The Hall–Kier alpha value is -5.79. The molecule has 16 N–H and O–H groups in total. The van der Waals surface area contributed by atoms with Gasteiger partial charge in [0.15, 0.2) is 11.9 Å². The smallest absolute Gasteiger partial charge is 0.305 e. The predicted octanol–water partition coefficient (Wildman–Crippen LogP) is -1.82. The van der Waals surface area contributed by atoms with Crippen molar-refractivity contribution in [2.24, 2.45) is 29.0 Å². The molecule has 317 valence electrons. The SMILES string of the molecule is CC[C@H](C)[C@H](N)C(=O)N[C@@H](CC(=O)O)C(=O)N[C@@H](CCCNC(=N)N)C(=O)N[C@H](C(=O)N[C@@H](Cc1ccccc1)C(=O)N[C@H]([C]=O)CCCNC(=N)N)[C@@H](C)CC. The van der Waals surface area contributed by atoms with E-state index in [4.69, 9.17) is 28.0 Å². The van der Waals surface area contributed by atoms with Gasteiger partial charge in [0.2, 0.25) is 35.8 Å². The van der Waals surface area contributed by atoms with Gasteiger partial charge >= 0.3 is 5.97 Å². The summed E-state index contributed by atoms with van der Waals surface area (Å²) in [6.07, 6.45) is 2.60. The molecule has 1 radical (unpaired) electrons. The summed E-state index contributed by atoms with van der Waals surface area (Å²) in [5.41, 5.74) is 17.4. The van der Waals surface area contributed by atoms with E-state index in [1.165, 1.54) is 0 Å². The normalized spacial score (nSPS) is 15.0. The Morgan fingerprint density at radius 3 is 1.74 bits per heavy atom. The first kappa shape index (κ1) is 49.2. The number of rotatable bonds is 27. The zero-order valence-corrected chi connectivity index (χ0v) is 33.1. The van der Waals surface area contributed by atoms with Crippen LogP contribution in [0.2, 0.25) is 0 Å². The fraction of sp³-hybridized carbons (Fsp3) is 0.595. The number of hydrogen-bond acceptors (Lipinski definition) is 10. The van der Waals surface area contributed by atoms with Crippen LogP contribution in [-0.4, -0.2) is 108 Å². The van der Waals surface area contributed by atoms with E-state index in [0.29, 0.717) is 24.8 Å². The molecule has 0 aliphatic heterocycles. The van der Waals surface area contributed by atoms with Crippen LogP contribution in [0.3, 0.4) is 0 Å². The molecule has 20 nitrogen and oxygen atoms in total. The van der Waals surface area contributed by atoms with Gasteiger partial charge in [0.1, 0.15) is 24.2 Å². The molecule has 20 heteroatoms. The predicted molar refractivity (Wildman–Crippen MR) is 213 cm³/mol. The first-order valence-electron chi connectivity index (χ1n) is 19.0. The van der Waals surface area contributed by atoms with Crippen LogP contribution in [0.4, 0.5) is 0 Å². The second kappa shape index (κ2) is 26.1. The van der Waals surface area contributed by atoms with Crippen LogP contribution in [0.15, 0.2) is 30.3 Å². The third-order valence-corrected chi connectivity index (χ3v) is 9.34. The molecule has 0 heterocycles. The van der Waals surface area contributed by atoms with Crippen molar-refractivity contribution < 1.29 is 38.7 Å². The first-order valence-corrected chi connectivity index (χ1v) is 19.0. The molecule has 8 atom stereocenters. The summed E-state index contributed by atoms with van der Waals surface area (Å²) in [6, 6.07) is 1.34. The Balaban J connectivity index is 3.37. The summed E-state index contributed by atoms with van der Waals surface area (Å²) in [4.78, 5) is 91.3. The average molecular weight is 802 g/mol. The fourth-order valence-electron chi connectivity index (χ4n) is 5.47. The highest BCUT2D eigenvalue weighted by atomic mass is 16.4. The van der Waals surface area contributed by atoms with E-state index in [9.17, 15) is 38.7 Å². The van der Waals surface area contributed by atoms with E-state index in [0.717, 1.165) is 0 Å². The van der Waals surface area contributed by atoms with Gasteiger partial charge in [-0.05, 0) is 43.1 Å². The van der Waals surface area contributed by atoms with Gasteiger partial charge in [-0.3, -0.25) is 44.4 Å². The van der Waals surface area contributed by atoms with E-state index in [1.54, 1.807) is 57.4 Å². The van der Waals surface area contributed by atoms with Crippen LogP contribution in [0.5, 0.6) is 0 Å². The maximum absolute atomic E-state index is 14.0. The van der Waals surface area contributed by atoms with E-state index in [2.05, 4.69) is 37.2 Å². The number of carboxylic acids is 1. The largest absolute Gasteiger partial charge is 0.481 e. The maximum Gasteiger partial charge on any atom is 0.305 e. The Morgan fingerprint density at radius 2 is 1.21 bits per heavy atom. The summed E-state index contributed by atoms with van der Waals surface area (Å²) in [7, 11) is 0. The third kappa shape index (κ3) is 19.1. The molecule has 0 saturated carbocycles. The molecule has 0 bridgehead atoms. The maximum atomic E-state index is 14.0. The Bertz CT molecular complexity index is 1510. The van der Waals surface area contributed by atoms with Crippen molar-refractivity contribution in [1.82, 2.24) is 37.2 Å². The lowest BCUT2D eigenvalue weighted by molar-refractivity contribution is -0.141. The number of carbonyl (C=O) groups excluding carboxylic acids is 6. The fourth-order valence-corrected chi connectivity index (χ4v) is 5.47. The van der Waals surface area contributed by atoms with Crippen molar-refractivity contribution in [3.8, 4) is 0 Å². The van der Waals surface area contributed by atoms with Crippen molar-refractivity contribution in [2.75, 3.05) is 13.1 Å². The molecule has 0 aliphatic carbocycles. The molecule has 1 aromatic carbocycles. The topological polar surface area (TPSA) is 350 Å². The molecule has 1 rings (SSSR count). The molecule has 57 heavy (non-hydrogen) atoms. The van der Waals surface area contributed by atoms with Gasteiger partial charge in [0.05, 0.1) is 18.5 Å². The van der Waals surface area contributed by atoms with Gasteiger partial charge in [-0.1, -0.05) is 70.9 Å². The number of nitrogens with one attached hydrogen (secondary N) is 9. The van der Waals surface area contributed by atoms with Gasteiger partial charge < -0.3 is 59.5 Å². The monoisotopic (exact) mass is 801 g/mol. The number of guanidine groups is 2. The number of carboxylic acid groups (broad SMARTS) is 1. The molecule has 0 fully saturated rings. The van der Waals surface area contributed by atoms with Crippen LogP contribution >= 0.6 is 0 Å². The lowest BCUT2D eigenvalue weighted by Gasteiger charge is -2.29. The van der Waals surface area contributed by atoms with Crippen molar-refractivity contribution in [3.05, 3.63) is 35.9 Å². The molecule has 0 aromatic heterocycles. The van der Waals surface area contributed by atoms with E-state index < -0.39 is 84.1 Å². The highest BCUT2D eigenvalue weighted by Gasteiger charge is 2.35. The number of aliphatic carboxylic acids is 1. The van der Waals surface area contributed by atoms with Crippen molar-refractivity contribution in [3.63, 3.8) is 0 Å². The number of amides is 5. The van der Waals surface area contributed by atoms with Gasteiger partial charge in [-0.2, -0.15) is 0 Å². The minimum absolute atomic E-state index is 0.0241. The molecule has 1 aromatic rings. The number of benzene rings is 1. The van der Waals surface area contributed by atoms with E-state index >= 15 is 0 Å². The summed E-state index contributed by atoms with van der Waals surface area (Å²) < 4.78 is 0. The zero-order valence-electron chi connectivity index (χ0n) is 33.1. The number of hydrogen-bond donors (Lipinski definition) is 13. The lowest BCUT2D eigenvalue weighted by atomic mass is 9.96. The quantitative estimate of drug-likeness (QED) is 0.0265. The van der Waals surface area contributed by atoms with Crippen LogP contribution in [-0.2, 0) is 40.0 Å². The first-order chi connectivity index (χ1) is 26.9. The van der Waals surface area contributed by atoms with Gasteiger partial charge in [-0.25, -0.2) is 0 Å². The van der Waals surface area contributed by atoms with Crippen LogP contribution < -0.4 is 54.4 Å². The molecular formula is C37H61N12O8. The van der Waals surface area contributed by atoms with Gasteiger partial charge in [-0.15, -0.1) is 0 Å². The summed E-state index contributed by atoms with van der Waals surface area (Å²) >= 11 is 0. The second-order valence-electron chi connectivity index (χ2n) is 13.9. The molecule has 0 unspecified atom stereocenters. The lowest BCUT2D eigenvalue weighted by Crippen LogP contribution is -2.60. The molecule has 0 spiro atoms. The van der Waals surface area contributed by atoms with Crippen molar-refractivity contribution >= 4 is 53.7 Å². The Labute approximate surface area is 333 Å². The molecule has 0 saturated heterocycles. The van der Waals surface area contributed by atoms with Crippen LogP contribution in [0, 0.1) is 22.7 Å². The van der Waals surface area contributed by atoms with Crippen LogP contribution in [0.1, 0.15) is 78.2 Å². The standard InChI is InChI=1S/C37H61N12O8/c1-5-21(3)29(38)34(56)47-27(19-28(51)52)33(55)46-25(15-11-17-44-37(41)42)31(53)49-30(22(4)6-2)35(57)48-26(18-23-12-8-7-9-13-23)32(54)45-24(20-50)14-10-16-43-36(39)40/h7-9,12-13,21-22,24-27,29-30H,5-6,10-11,14-19,38H2,1-4H3,(H,45,54)(H,46,55)(H,47,56)(H,48,57)(H,49,53)(H,51,52)(H4,39,40,43)(H4,41,42,44)/t21-,22-,24-,25-,26-,27-,29-,30-/m0/s1. The third-order valence-electron chi connectivity index (χ3n) is 9.34. The van der Waals surface area contributed by atoms with Crippen molar-refractivity contribution in [2.45, 2.75) is 115 Å². The van der Waals surface area contributed by atoms with Crippen molar-refractivity contribution in [1.29, 1.82) is 10.8 Å². The summed E-state index contributed by atoms with van der Waals surface area (Å²) in [5.74, 6) is -6.71. The number of nitrogens with two attached hydrogens (primary N) is 3. The highest BCUT2D eigenvalue weighted by molar-refractivity contribution is 5.97. The van der Waals surface area contributed by atoms with Crippen LogP contribution in [0.25, 0.3) is 0 Å². The van der Waals surface area contributed by atoms with Gasteiger partial charge in [0, 0.05) is 19.5 Å².